The average molecular weight is 813 g/mol. The fourth-order valence-corrected chi connectivity index (χ4v) is 7.36. The van der Waals surface area contributed by atoms with Crippen LogP contribution < -0.4 is 0 Å². The van der Waals surface area contributed by atoms with E-state index in [0.717, 1.165) is 51.4 Å². The molecule has 4 N–H and O–H groups in total. The highest BCUT2D eigenvalue weighted by atomic mass is 16.7. The number of hydrogen-bond acceptors (Lipinski definition) is 10. The minimum Gasteiger partial charge on any atom is -0.462 e. The van der Waals surface area contributed by atoms with Crippen molar-refractivity contribution in [2.45, 2.75) is 256 Å². The first-order valence-electron chi connectivity index (χ1n) is 23.8. The second kappa shape index (κ2) is 38.6. The highest BCUT2D eigenvalue weighted by molar-refractivity contribution is 5.70. The van der Waals surface area contributed by atoms with Crippen LogP contribution in [0.25, 0.3) is 0 Å². The van der Waals surface area contributed by atoms with E-state index in [1.54, 1.807) is 0 Å². The van der Waals surface area contributed by atoms with Crippen molar-refractivity contribution in [1.29, 1.82) is 0 Å². The molecule has 10 nitrogen and oxygen atoms in total. The number of aliphatic hydroxyl groups is 4. The summed E-state index contributed by atoms with van der Waals surface area (Å²) < 4.78 is 22.2. The lowest BCUT2D eigenvalue weighted by Crippen LogP contribution is -2.59. The molecule has 1 aliphatic heterocycles. The van der Waals surface area contributed by atoms with Gasteiger partial charge in [-0.1, -0.05) is 180 Å². The Bertz CT molecular complexity index is 943. The number of esters is 2. The monoisotopic (exact) mass is 813 g/mol. The highest BCUT2D eigenvalue weighted by Gasteiger charge is 2.44. The smallest absolute Gasteiger partial charge is 0.306 e. The lowest BCUT2D eigenvalue weighted by Gasteiger charge is -2.39. The zero-order chi connectivity index (χ0) is 41.6. The third-order valence-electron chi connectivity index (χ3n) is 11.2. The molecule has 0 radical (unpaired) electrons. The Morgan fingerprint density at radius 2 is 0.930 bits per heavy atom. The first-order chi connectivity index (χ1) is 27.8. The van der Waals surface area contributed by atoms with Crippen molar-refractivity contribution in [3.05, 3.63) is 12.2 Å². The summed E-state index contributed by atoms with van der Waals surface area (Å²) in [5.41, 5.74) is 0. The molecule has 0 aromatic carbocycles. The maximum absolute atomic E-state index is 12.8. The van der Waals surface area contributed by atoms with Gasteiger partial charge in [-0.2, -0.15) is 0 Å². The van der Waals surface area contributed by atoms with E-state index in [9.17, 15) is 30.0 Å². The maximum atomic E-state index is 12.8. The fourth-order valence-electron chi connectivity index (χ4n) is 7.36. The van der Waals surface area contributed by atoms with Crippen molar-refractivity contribution in [2.75, 3.05) is 19.8 Å². The zero-order valence-corrected chi connectivity index (χ0v) is 36.6. The third kappa shape index (κ3) is 30.2. The summed E-state index contributed by atoms with van der Waals surface area (Å²) >= 11 is 0. The molecular formula is C47H88O10. The lowest BCUT2D eigenvalue weighted by molar-refractivity contribution is -0.305. The summed E-state index contributed by atoms with van der Waals surface area (Å²) in [5.74, 6) is -0.805. The molecule has 1 aliphatic rings. The number of carbonyl (C=O) groups excluding carboxylic acids is 2. The summed E-state index contributed by atoms with van der Waals surface area (Å²) in [6.45, 7) is 3.43. The predicted molar refractivity (Wildman–Crippen MR) is 229 cm³/mol. The van der Waals surface area contributed by atoms with Gasteiger partial charge in [-0.05, 0) is 38.5 Å². The van der Waals surface area contributed by atoms with Crippen LogP contribution in [0.5, 0.6) is 0 Å². The van der Waals surface area contributed by atoms with Gasteiger partial charge in [0.25, 0.3) is 0 Å². The Kier molecular flexibility index (Phi) is 36.2. The minimum absolute atomic E-state index is 0.215. The molecule has 0 aromatic rings. The SMILES string of the molecule is CCCCCCC/C=C/CCCCCCCC(=O)O[C@@H](COC(=O)CCCCCCCCCCCCCCCCCCCC)CO[C@H]1O[C@@H](CO)[C@@H](O)C(O)C1O. The van der Waals surface area contributed by atoms with E-state index in [1.807, 2.05) is 0 Å². The Morgan fingerprint density at radius 3 is 1.37 bits per heavy atom. The Labute approximate surface area is 348 Å². The van der Waals surface area contributed by atoms with Crippen molar-refractivity contribution >= 4 is 11.9 Å². The maximum Gasteiger partial charge on any atom is 0.306 e. The van der Waals surface area contributed by atoms with Crippen molar-refractivity contribution < 1.29 is 49.0 Å². The molecule has 57 heavy (non-hydrogen) atoms. The highest BCUT2D eigenvalue weighted by Crippen LogP contribution is 2.23. The summed E-state index contributed by atoms with van der Waals surface area (Å²) in [6, 6.07) is 0. The van der Waals surface area contributed by atoms with E-state index < -0.39 is 49.4 Å². The normalized spacial score (nSPS) is 20.3. The van der Waals surface area contributed by atoms with Crippen molar-refractivity contribution in [2.24, 2.45) is 0 Å². The van der Waals surface area contributed by atoms with Gasteiger partial charge in [0, 0.05) is 12.8 Å². The Morgan fingerprint density at radius 1 is 0.526 bits per heavy atom. The molecule has 2 unspecified atom stereocenters. The van der Waals surface area contributed by atoms with Crippen LogP contribution in [0.2, 0.25) is 0 Å². The molecule has 1 heterocycles. The molecule has 1 fully saturated rings. The van der Waals surface area contributed by atoms with E-state index >= 15 is 0 Å². The van der Waals surface area contributed by atoms with Crippen LogP contribution in [0, 0.1) is 0 Å². The second-order valence-corrected chi connectivity index (χ2v) is 16.6. The first kappa shape index (κ1) is 53.5. The van der Waals surface area contributed by atoms with Gasteiger partial charge in [-0.3, -0.25) is 9.59 Å². The average Bonchev–Trinajstić information content (AvgIpc) is 3.21. The predicted octanol–water partition coefficient (Wildman–Crippen LogP) is 10.3. The van der Waals surface area contributed by atoms with Crippen LogP contribution in [0.1, 0.15) is 219 Å². The number of hydrogen-bond donors (Lipinski definition) is 4. The first-order valence-corrected chi connectivity index (χ1v) is 23.8. The van der Waals surface area contributed by atoms with Gasteiger partial charge >= 0.3 is 11.9 Å². The Balaban J connectivity index is 2.28. The molecule has 10 heteroatoms. The second-order valence-electron chi connectivity index (χ2n) is 16.6. The molecule has 0 saturated carbocycles. The van der Waals surface area contributed by atoms with E-state index in [4.69, 9.17) is 18.9 Å². The summed E-state index contributed by atoms with van der Waals surface area (Å²) in [7, 11) is 0. The lowest BCUT2D eigenvalue weighted by atomic mass is 9.99. The molecule has 0 aromatic heterocycles. The molecule has 0 aliphatic carbocycles. The van der Waals surface area contributed by atoms with E-state index in [1.165, 1.54) is 135 Å². The van der Waals surface area contributed by atoms with Gasteiger partial charge in [0.05, 0.1) is 13.2 Å². The Hall–Kier alpha value is -1.56. The standard InChI is InChI=1S/C47H88O10/c1-3-5-7-9-11-13-15-17-19-20-21-22-24-25-27-29-31-33-35-42(49)54-38-40(39-55-47-46(53)45(52)44(51)41(37-48)57-47)56-43(50)36-34-32-30-28-26-23-18-16-14-12-10-8-6-4-2/h16,18,40-41,44-48,51-53H,3-15,17,19-39H2,1-2H3/b18-16+/t40-,41-,44+,45?,46?,47-/m0/s1. The largest absolute Gasteiger partial charge is 0.462 e. The van der Waals surface area contributed by atoms with Gasteiger partial charge in [-0.25, -0.2) is 0 Å². The van der Waals surface area contributed by atoms with Gasteiger partial charge in [0.15, 0.2) is 12.4 Å². The topological polar surface area (TPSA) is 152 Å². The van der Waals surface area contributed by atoms with Crippen LogP contribution in [0.4, 0.5) is 0 Å². The van der Waals surface area contributed by atoms with Gasteiger partial charge in [0.2, 0.25) is 0 Å². The number of carbonyl (C=O) groups is 2. The van der Waals surface area contributed by atoms with Crippen molar-refractivity contribution in [3.63, 3.8) is 0 Å². The van der Waals surface area contributed by atoms with E-state index in [0.29, 0.717) is 6.42 Å². The molecule has 336 valence electrons. The van der Waals surface area contributed by atoms with Gasteiger partial charge in [-0.15, -0.1) is 0 Å². The summed E-state index contributed by atoms with van der Waals surface area (Å²) in [6.07, 6.45) is 33.6. The van der Waals surface area contributed by atoms with E-state index in [2.05, 4.69) is 26.0 Å². The molecule has 0 amide bonds. The number of aliphatic hydroxyl groups excluding tert-OH is 4. The van der Waals surface area contributed by atoms with E-state index in [-0.39, 0.29) is 32.0 Å². The van der Waals surface area contributed by atoms with Gasteiger partial charge < -0.3 is 39.4 Å². The summed E-state index contributed by atoms with van der Waals surface area (Å²) in [5, 5.41) is 40.1. The van der Waals surface area contributed by atoms with Crippen LogP contribution in [0.3, 0.4) is 0 Å². The van der Waals surface area contributed by atoms with Crippen molar-refractivity contribution in [1.82, 2.24) is 0 Å². The fraction of sp³-hybridized carbons (Fsp3) is 0.915. The number of unbranched alkanes of at least 4 members (excludes halogenated alkanes) is 27. The zero-order valence-electron chi connectivity index (χ0n) is 36.6. The third-order valence-corrected chi connectivity index (χ3v) is 11.2. The van der Waals surface area contributed by atoms with Crippen LogP contribution >= 0.6 is 0 Å². The van der Waals surface area contributed by atoms with Crippen molar-refractivity contribution in [3.8, 4) is 0 Å². The summed E-state index contributed by atoms with van der Waals surface area (Å²) in [4.78, 5) is 25.3. The van der Waals surface area contributed by atoms with Crippen LogP contribution in [-0.4, -0.2) is 89.0 Å². The van der Waals surface area contributed by atoms with Gasteiger partial charge in [0.1, 0.15) is 31.0 Å². The van der Waals surface area contributed by atoms with Crippen LogP contribution in [-0.2, 0) is 28.5 Å². The molecule has 1 rings (SSSR count). The molecular weight excluding hydrogens is 725 g/mol. The molecule has 0 spiro atoms. The minimum atomic E-state index is -1.59. The van der Waals surface area contributed by atoms with Crippen LogP contribution in [0.15, 0.2) is 12.2 Å². The molecule has 6 atom stereocenters. The number of rotatable bonds is 40. The molecule has 0 bridgehead atoms. The molecule has 1 saturated heterocycles. The quantitative estimate of drug-likeness (QED) is 0.0267. The number of ether oxygens (including phenoxy) is 4. The number of allylic oxidation sites excluding steroid dienone is 2.